The van der Waals surface area contributed by atoms with Crippen molar-refractivity contribution in [2.45, 2.75) is 19.4 Å². The van der Waals surface area contributed by atoms with Crippen LogP contribution in [0, 0.1) is 5.82 Å². The Kier molecular flexibility index (Phi) is 4.49. The number of aliphatic hydroxyl groups is 1. The largest absolute Gasteiger partial charge is 0.493 e. The van der Waals surface area contributed by atoms with Crippen LogP contribution in [0.3, 0.4) is 0 Å². The fourth-order valence-electron chi connectivity index (χ4n) is 1.21. The van der Waals surface area contributed by atoms with Crippen molar-refractivity contribution in [1.82, 2.24) is 0 Å². The number of hydrogen-bond donors (Lipinski definition) is 1. The van der Waals surface area contributed by atoms with Gasteiger partial charge in [-0.05, 0) is 25.1 Å². The van der Waals surface area contributed by atoms with Gasteiger partial charge in [-0.2, -0.15) is 0 Å². The van der Waals surface area contributed by atoms with Crippen molar-refractivity contribution in [2.24, 2.45) is 0 Å². The maximum atomic E-state index is 12.9. The van der Waals surface area contributed by atoms with Crippen LogP contribution in [0.2, 0.25) is 0 Å². The molecule has 0 fully saturated rings. The van der Waals surface area contributed by atoms with E-state index in [-0.39, 0.29) is 13.0 Å². The molecule has 1 aromatic carbocycles. The molecule has 15 heavy (non-hydrogen) atoms. The SMILES string of the molecule is C[C@@H](O)c1cc(F)ccc1OCCCF. The molecule has 0 radical (unpaired) electrons. The van der Waals surface area contributed by atoms with Crippen LogP contribution in [0.1, 0.15) is 25.0 Å². The molecule has 1 aromatic rings. The first-order valence-corrected chi connectivity index (χ1v) is 4.81. The molecule has 1 atom stereocenters. The van der Waals surface area contributed by atoms with Gasteiger partial charge in [-0.1, -0.05) is 0 Å². The van der Waals surface area contributed by atoms with E-state index >= 15 is 0 Å². The lowest BCUT2D eigenvalue weighted by atomic mass is 10.1. The van der Waals surface area contributed by atoms with Crippen LogP contribution >= 0.6 is 0 Å². The third-order valence-corrected chi connectivity index (χ3v) is 1.96. The summed E-state index contributed by atoms with van der Waals surface area (Å²) >= 11 is 0. The van der Waals surface area contributed by atoms with Gasteiger partial charge in [-0.3, -0.25) is 4.39 Å². The van der Waals surface area contributed by atoms with Crippen molar-refractivity contribution in [1.29, 1.82) is 0 Å². The highest BCUT2D eigenvalue weighted by molar-refractivity contribution is 5.35. The van der Waals surface area contributed by atoms with Gasteiger partial charge in [0.25, 0.3) is 0 Å². The van der Waals surface area contributed by atoms with E-state index in [0.717, 1.165) is 0 Å². The molecular formula is C11H14F2O2. The van der Waals surface area contributed by atoms with Gasteiger partial charge in [-0.25, -0.2) is 4.39 Å². The Hall–Kier alpha value is -1.16. The molecule has 0 spiro atoms. The average molecular weight is 216 g/mol. The summed E-state index contributed by atoms with van der Waals surface area (Å²) < 4.78 is 29.9. The molecule has 4 heteroatoms. The van der Waals surface area contributed by atoms with Gasteiger partial charge >= 0.3 is 0 Å². The third-order valence-electron chi connectivity index (χ3n) is 1.96. The first-order chi connectivity index (χ1) is 7.15. The molecule has 0 aromatic heterocycles. The summed E-state index contributed by atoms with van der Waals surface area (Å²) in [6.07, 6.45) is -0.516. The van der Waals surface area contributed by atoms with Gasteiger partial charge in [0.15, 0.2) is 0 Å². The number of alkyl halides is 1. The van der Waals surface area contributed by atoms with Crippen LogP contribution < -0.4 is 4.74 Å². The monoisotopic (exact) mass is 216 g/mol. The molecule has 0 saturated heterocycles. The summed E-state index contributed by atoms with van der Waals surface area (Å²) in [6, 6.07) is 3.90. The van der Waals surface area contributed by atoms with Gasteiger partial charge in [0.05, 0.1) is 19.4 Å². The van der Waals surface area contributed by atoms with E-state index < -0.39 is 18.6 Å². The zero-order chi connectivity index (χ0) is 11.3. The lowest BCUT2D eigenvalue weighted by Crippen LogP contribution is -2.03. The van der Waals surface area contributed by atoms with E-state index in [1.54, 1.807) is 0 Å². The minimum Gasteiger partial charge on any atom is -0.493 e. The molecular weight excluding hydrogens is 202 g/mol. The second-order valence-corrected chi connectivity index (χ2v) is 3.25. The first-order valence-electron chi connectivity index (χ1n) is 4.81. The highest BCUT2D eigenvalue weighted by Gasteiger charge is 2.10. The van der Waals surface area contributed by atoms with Gasteiger partial charge in [-0.15, -0.1) is 0 Å². The molecule has 0 aliphatic carbocycles. The molecule has 0 heterocycles. The fraction of sp³-hybridized carbons (Fsp3) is 0.455. The van der Waals surface area contributed by atoms with E-state index in [2.05, 4.69) is 0 Å². The zero-order valence-corrected chi connectivity index (χ0v) is 8.54. The second-order valence-electron chi connectivity index (χ2n) is 3.25. The Morgan fingerprint density at radius 1 is 1.47 bits per heavy atom. The number of benzene rings is 1. The van der Waals surface area contributed by atoms with Crippen molar-refractivity contribution in [2.75, 3.05) is 13.3 Å². The Morgan fingerprint density at radius 2 is 2.20 bits per heavy atom. The number of hydrogen-bond acceptors (Lipinski definition) is 2. The molecule has 0 unspecified atom stereocenters. The lowest BCUT2D eigenvalue weighted by Gasteiger charge is -2.12. The standard InChI is InChI=1S/C11H14F2O2/c1-8(14)10-7-9(13)3-4-11(10)15-6-2-5-12/h3-4,7-8,14H,2,5-6H2,1H3/t8-/m1/s1. The predicted molar refractivity (Wildman–Crippen MR) is 53.1 cm³/mol. The maximum Gasteiger partial charge on any atom is 0.125 e. The highest BCUT2D eigenvalue weighted by atomic mass is 19.1. The third kappa shape index (κ3) is 3.47. The van der Waals surface area contributed by atoms with Crippen LogP contribution in [-0.2, 0) is 0 Å². The number of halogens is 2. The topological polar surface area (TPSA) is 29.5 Å². The van der Waals surface area contributed by atoms with Crippen LogP contribution in [0.4, 0.5) is 8.78 Å². The maximum absolute atomic E-state index is 12.9. The van der Waals surface area contributed by atoms with Crippen molar-refractivity contribution >= 4 is 0 Å². The van der Waals surface area contributed by atoms with Crippen molar-refractivity contribution in [3.63, 3.8) is 0 Å². The molecule has 2 nitrogen and oxygen atoms in total. The van der Waals surface area contributed by atoms with E-state index in [9.17, 15) is 13.9 Å². The number of ether oxygens (including phenoxy) is 1. The lowest BCUT2D eigenvalue weighted by molar-refractivity contribution is 0.189. The summed E-state index contributed by atoms with van der Waals surface area (Å²) in [5, 5.41) is 9.36. The normalized spacial score (nSPS) is 12.5. The van der Waals surface area contributed by atoms with E-state index in [1.165, 1.54) is 25.1 Å². The summed E-state index contributed by atoms with van der Waals surface area (Å²) in [5.74, 6) is -0.0245. The second kappa shape index (κ2) is 5.66. The van der Waals surface area contributed by atoms with E-state index in [1.807, 2.05) is 0 Å². The van der Waals surface area contributed by atoms with Gasteiger partial charge in [0, 0.05) is 12.0 Å². The van der Waals surface area contributed by atoms with Crippen molar-refractivity contribution < 1.29 is 18.6 Å². The summed E-state index contributed by atoms with van der Waals surface area (Å²) in [6.45, 7) is 1.30. The molecule has 0 bridgehead atoms. The smallest absolute Gasteiger partial charge is 0.125 e. The van der Waals surface area contributed by atoms with E-state index in [0.29, 0.717) is 11.3 Å². The molecule has 84 valence electrons. The van der Waals surface area contributed by atoms with Crippen LogP contribution in [0.25, 0.3) is 0 Å². The van der Waals surface area contributed by atoms with Crippen molar-refractivity contribution in [3.8, 4) is 5.75 Å². The minimum absolute atomic E-state index is 0.224. The minimum atomic E-state index is -0.805. The Labute approximate surface area is 87.5 Å². The van der Waals surface area contributed by atoms with Crippen LogP contribution in [0.5, 0.6) is 5.75 Å². The van der Waals surface area contributed by atoms with Crippen LogP contribution in [-0.4, -0.2) is 18.4 Å². The predicted octanol–water partition coefficient (Wildman–Crippen LogP) is 2.62. The van der Waals surface area contributed by atoms with Crippen molar-refractivity contribution in [3.05, 3.63) is 29.6 Å². The average Bonchev–Trinajstić information content (AvgIpc) is 2.20. The van der Waals surface area contributed by atoms with E-state index in [4.69, 9.17) is 4.74 Å². The quantitative estimate of drug-likeness (QED) is 0.766. The summed E-state index contributed by atoms with van der Waals surface area (Å²) in [5.41, 5.74) is 0.383. The molecule has 0 saturated carbocycles. The zero-order valence-electron chi connectivity index (χ0n) is 8.54. The number of rotatable bonds is 5. The van der Waals surface area contributed by atoms with Gasteiger partial charge in [0.1, 0.15) is 11.6 Å². The van der Waals surface area contributed by atoms with Crippen LogP contribution in [0.15, 0.2) is 18.2 Å². The van der Waals surface area contributed by atoms with Gasteiger partial charge in [0.2, 0.25) is 0 Å². The Balaban J connectivity index is 2.77. The number of aliphatic hydroxyl groups excluding tert-OH is 1. The molecule has 1 N–H and O–H groups in total. The molecule has 0 aliphatic heterocycles. The molecule has 0 amide bonds. The fourth-order valence-corrected chi connectivity index (χ4v) is 1.21. The molecule has 1 rings (SSSR count). The summed E-state index contributed by atoms with van der Waals surface area (Å²) in [7, 11) is 0. The Bertz CT molecular complexity index is 313. The first kappa shape index (κ1) is 11.9. The Morgan fingerprint density at radius 3 is 2.80 bits per heavy atom. The highest BCUT2D eigenvalue weighted by Crippen LogP contribution is 2.25. The molecule has 0 aliphatic rings. The summed E-state index contributed by atoms with van der Waals surface area (Å²) in [4.78, 5) is 0. The van der Waals surface area contributed by atoms with Gasteiger partial charge < -0.3 is 9.84 Å².